The van der Waals surface area contributed by atoms with E-state index in [-0.39, 0.29) is 5.69 Å². The molecule has 0 saturated heterocycles. The van der Waals surface area contributed by atoms with Gasteiger partial charge in [-0.2, -0.15) is 0 Å². The van der Waals surface area contributed by atoms with Gasteiger partial charge >= 0.3 is 5.97 Å². The molecule has 2 aromatic heterocycles. The molecule has 0 atom stereocenters. The van der Waals surface area contributed by atoms with E-state index in [1.54, 1.807) is 22.2 Å². The van der Waals surface area contributed by atoms with Gasteiger partial charge in [-0.1, -0.05) is 12.1 Å². The molecule has 7 nitrogen and oxygen atoms in total. The number of carbonyl (C=O) groups is 1. The molecule has 0 aliphatic rings. The number of carbonyl (C=O) groups excluding carboxylic acids is 1. The van der Waals surface area contributed by atoms with Gasteiger partial charge < -0.3 is 4.74 Å². The summed E-state index contributed by atoms with van der Waals surface area (Å²) in [4.78, 5) is 11.9. The molecule has 0 spiro atoms. The van der Waals surface area contributed by atoms with E-state index < -0.39 is 11.6 Å². The second-order valence-electron chi connectivity index (χ2n) is 6.27. The Morgan fingerprint density at radius 1 is 1.22 bits per heavy atom. The Balaban J connectivity index is 1.75. The van der Waals surface area contributed by atoms with Crippen LogP contribution in [0.15, 0.2) is 6.20 Å². The van der Waals surface area contributed by atoms with Crippen molar-refractivity contribution < 1.29 is 9.53 Å². The molecule has 126 valence electrons. The third-order valence-corrected chi connectivity index (χ3v) is 4.11. The molecular formula is C15H23N5O2S. The third-order valence-electron chi connectivity index (χ3n) is 2.99. The van der Waals surface area contributed by atoms with Gasteiger partial charge in [-0.25, -0.2) is 4.79 Å². The molecule has 8 heteroatoms. The van der Waals surface area contributed by atoms with Gasteiger partial charge in [0.1, 0.15) is 15.6 Å². The van der Waals surface area contributed by atoms with E-state index in [0.29, 0.717) is 0 Å². The summed E-state index contributed by atoms with van der Waals surface area (Å²) in [6, 6.07) is 0. The topological polar surface area (TPSA) is 82.8 Å². The molecule has 0 aromatic carbocycles. The van der Waals surface area contributed by atoms with Crippen molar-refractivity contribution in [3.63, 3.8) is 0 Å². The van der Waals surface area contributed by atoms with Crippen molar-refractivity contribution in [1.82, 2.24) is 25.2 Å². The second kappa shape index (κ2) is 7.63. The van der Waals surface area contributed by atoms with E-state index in [1.807, 2.05) is 20.8 Å². The Kier molecular flexibility index (Phi) is 5.81. The molecule has 0 aliphatic carbocycles. The molecule has 0 amide bonds. The average molecular weight is 337 g/mol. The van der Waals surface area contributed by atoms with Crippen LogP contribution in [-0.4, -0.2) is 36.8 Å². The Bertz CT molecular complexity index is 644. The van der Waals surface area contributed by atoms with Crippen LogP contribution in [0.3, 0.4) is 0 Å². The molecule has 0 fully saturated rings. The lowest BCUT2D eigenvalue weighted by molar-refractivity contribution is 0.00627. The molecule has 2 rings (SSSR count). The van der Waals surface area contributed by atoms with Crippen LogP contribution in [0.25, 0.3) is 0 Å². The van der Waals surface area contributed by atoms with Crippen LogP contribution < -0.4 is 0 Å². The number of nitrogens with zero attached hydrogens (tertiary/aromatic N) is 5. The molecule has 0 bridgehead atoms. The normalized spacial score (nSPS) is 11.7. The Hall–Kier alpha value is -1.83. The van der Waals surface area contributed by atoms with E-state index >= 15 is 0 Å². The van der Waals surface area contributed by atoms with E-state index in [1.165, 1.54) is 0 Å². The van der Waals surface area contributed by atoms with Gasteiger partial charge in [-0.3, -0.25) is 4.68 Å². The summed E-state index contributed by atoms with van der Waals surface area (Å²) < 4.78 is 6.94. The zero-order valence-corrected chi connectivity index (χ0v) is 14.9. The number of aromatic nitrogens is 5. The molecule has 2 heterocycles. The fourth-order valence-corrected chi connectivity index (χ4v) is 2.74. The second-order valence-corrected chi connectivity index (χ2v) is 7.42. The Labute approximate surface area is 140 Å². The minimum atomic E-state index is -0.528. The molecule has 0 aliphatic heterocycles. The highest BCUT2D eigenvalue weighted by molar-refractivity contribution is 7.11. The first-order valence-electron chi connectivity index (χ1n) is 7.82. The summed E-state index contributed by atoms with van der Waals surface area (Å²) >= 11 is 1.67. The van der Waals surface area contributed by atoms with Gasteiger partial charge in [0.2, 0.25) is 0 Å². The van der Waals surface area contributed by atoms with Gasteiger partial charge in [-0.15, -0.1) is 26.6 Å². The highest BCUT2D eigenvalue weighted by atomic mass is 32.1. The van der Waals surface area contributed by atoms with Crippen LogP contribution in [0.4, 0.5) is 0 Å². The maximum Gasteiger partial charge on any atom is 0.361 e. The van der Waals surface area contributed by atoms with Crippen molar-refractivity contribution >= 4 is 17.3 Å². The predicted molar refractivity (Wildman–Crippen MR) is 87.4 cm³/mol. The SMILES string of the molecule is CCc1nnc(CCCCn2cc(C(=O)OC(C)(C)C)nn2)s1. The standard InChI is InChI=1S/C15H23N5O2S/c1-5-12-17-18-13(23-12)8-6-7-9-20-10-11(16-19-20)14(21)22-15(2,3)4/h10H,5-9H2,1-4H3. The highest BCUT2D eigenvalue weighted by Crippen LogP contribution is 2.13. The first kappa shape index (κ1) is 17.5. The molecule has 0 N–H and O–H groups in total. The van der Waals surface area contributed by atoms with E-state index in [0.717, 1.165) is 42.2 Å². The van der Waals surface area contributed by atoms with Crippen LogP contribution in [0.1, 0.15) is 61.0 Å². The van der Waals surface area contributed by atoms with Gasteiger partial charge in [0.15, 0.2) is 5.69 Å². The zero-order valence-electron chi connectivity index (χ0n) is 14.1. The fraction of sp³-hybridized carbons (Fsp3) is 0.667. The summed E-state index contributed by atoms with van der Waals surface area (Å²) in [5.41, 5.74) is -0.281. The lowest BCUT2D eigenvalue weighted by atomic mass is 10.2. The highest BCUT2D eigenvalue weighted by Gasteiger charge is 2.20. The summed E-state index contributed by atoms with van der Waals surface area (Å²) in [6.07, 6.45) is 5.43. The smallest absolute Gasteiger partial charge is 0.361 e. The lowest BCUT2D eigenvalue weighted by Crippen LogP contribution is -2.24. The first-order valence-corrected chi connectivity index (χ1v) is 8.64. The van der Waals surface area contributed by atoms with Crippen LogP contribution in [-0.2, 0) is 24.1 Å². The molecule has 23 heavy (non-hydrogen) atoms. The minimum Gasteiger partial charge on any atom is -0.455 e. The maximum atomic E-state index is 11.9. The van der Waals surface area contributed by atoms with Gasteiger partial charge in [0, 0.05) is 13.0 Å². The number of rotatable bonds is 7. The van der Waals surface area contributed by atoms with E-state index in [4.69, 9.17) is 4.74 Å². The van der Waals surface area contributed by atoms with Crippen molar-refractivity contribution in [3.05, 3.63) is 21.9 Å². The number of unbranched alkanes of at least 4 members (excludes halogenated alkanes) is 1. The van der Waals surface area contributed by atoms with E-state index in [9.17, 15) is 4.79 Å². The quantitative estimate of drug-likeness (QED) is 0.570. The molecule has 0 radical (unpaired) electrons. The monoisotopic (exact) mass is 337 g/mol. The minimum absolute atomic E-state index is 0.247. The van der Waals surface area contributed by atoms with Crippen molar-refractivity contribution in [1.29, 1.82) is 0 Å². The summed E-state index contributed by atoms with van der Waals surface area (Å²) in [6.45, 7) is 8.28. The Morgan fingerprint density at radius 3 is 2.61 bits per heavy atom. The number of aryl methyl sites for hydroxylation is 3. The van der Waals surface area contributed by atoms with Gasteiger partial charge in [-0.05, 0) is 40.0 Å². The van der Waals surface area contributed by atoms with Crippen molar-refractivity contribution in [3.8, 4) is 0 Å². The lowest BCUT2D eigenvalue weighted by Gasteiger charge is -2.18. The predicted octanol–water partition coefficient (Wildman–Crippen LogP) is 2.67. The molecule has 2 aromatic rings. The van der Waals surface area contributed by atoms with Crippen LogP contribution in [0.5, 0.6) is 0 Å². The summed E-state index contributed by atoms with van der Waals surface area (Å²) in [5, 5.41) is 18.3. The average Bonchev–Trinajstić information content (AvgIpc) is 3.11. The Morgan fingerprint density at radius 2 is 1.96 bits per heavy atom. The summed E-state index contributed by atoms with van der Waals surface area (Å²) in [7, 11) is 0. The van der Waals surface area contributed by atoms with Crippen molar-refractivity contribution in [2.45, 2.75) is 65.5 Å². The molecule has 0 unspecified atom stereocenters. The largest absolute Gasteiger partial charge is 0.455 e. The maximum absolute atomic E-state index is 11.9. The van der Waals surface area contributed by atoms with Crippen molar-refractivity contribution in [2.24, 2.45) is 0 Å². The number of hydrogen-bond donors (Lipinski definition) is 0. The molecule has 0 saturated carbocycles. The number of esters is 1. The van der Waals surface area contributed by atoms with Crippen molar-refractivity contribution in [2.75, 3.05) is 0 Å². The molecular weight excluding hydrogens is 314 g/mol. The van der Waals surface area contributed by atoms with Crippen LogP contribution >= 0.6 is 11.3 Å². The van der Waals surface area contributed by atoms with Crippen LogP contribution in [0.2, 0.25) is 0 Å². The first-order chi connectivity index (χ1) is 10.9. The number of ether oxygens (including phenoxy) is 1. The van der Waals surface area contributed by atoms with Gasteiger partial charge in [0.05, 0.1) is 6.20 Å². The van der Waals surface area contributed by atoms with E-state index in [2.05, 4.69) is 27.4 Å². The fourth-order valence-electron chi connectivity index (χ4n) is 1.91. The van der Waals surface area contributed by atoms with Crippen LogP contribution in [0, 0.1) is 0 Å². The summed E-state index contributed by atoms with van der Waals surface area (Å²) in [5.74, 6) is -0.440. The number of hydrogen-bond acceptors (Lipinski definition) is 7. The third kappa shape index (κ3) is 5.70. The zero-order chi connectivity index (χ0) is 16.9. The van der Waals surface area contributed by atoms with Gasteiger partial charge in [0.25, 0.3) is 0 Å².